The predicted molar refractivity (Wildman–Crippen MR) is 72.7 cm³/mol. The summed E-state index contributed by atoms with van der Waals surface area (Å²) < 4.78 is 0. The third-order valence-corrected chi connectivity index (χ3v) is 4.32. The molecule has 0 heterocycles. The van der Waals surface area contributed by atoms with Crippen LogP contribution in [0.5, 0.6) is 0 Å². The highest BCUT2D eigenvalue weighted by Crippen LogP contribution is 2.41. The minimum atomic E-state index is -0.629. The predicted octanol–water partition coefficient (Wildman–Crippen LogP) is 3.99. The number of rotatable bonds is 3. The number of hydrogen-bond donors (Lipinski definition) is 1. The van der Waals surface area contributed by atoms with Gasteiger partial charge in [0.2, 0.25) is 0 Å². The van der Waals surface area contributed by atoms with Gasteiger partial charge in [0.1, 0.15) is 0 Å². The van der Waals surface area contributed by atoms with Gasteiger partial charge in [-0.1, -0.05) is 43.2 Å². The van der Waals surface area contributed by atoms with Gasteiger partial charge in [-0.2, -0.15) is 0 Å². The normalized spacial score (nSPS) is 28.0. The Balaban J connectivity index is 2.27. The number of benzene rings is 1. The lowest BCUT2D eigenvalue weighted by atomic mass is 9.70. The van der Waals surface area contributed by atoms with E-state index in [0.29, 0.717) is 5.92 Å². The van der Waals surface area contributed by atoms with E-state index >= 15 is 0 Å². The van der Waals surface area contributed by atoms with E-state index in [9.17, 15) is 9.90 Å². The smallest absolute Gasteiger partial charge is 0.307 e. The summed E-state index contributed by atoms with van der Waals surface area (Å²) in [6.45, 7) is 4.28. The van der Waals surface area contributed by atoms with Gasteiger partial charge < -0.3 is 5.11 Å². The van der Waals surface area contributed by atoms with E-state index in [1.54, 1.807) is 0 Å². The van der Waals surface area contributed by atoms with E-state index in [-0.39, 0.29) is 11.8 Å². The van der Waals surface area contributed by atoms with Crippen LogP contribution in [-0.2, 0) is 4.79 Å². The number of carboxylic acids is 1. The second-order valence-electron chi connectivity index (χ2n) is 5.55. The van der Waals surface area contributed by atoms with Gasteiger partial charge >= 0.3 is 5.97 Å². The van der Waals surface area contributed by atoms with Crippen molar-refractivity contribution >= 4 is 5.97 Å². The maximum atomic E-state index is 11.4. The van der Waals surface area contributed by atoms with Gasteiger partial charge in [0.25, 0.3) is 0 Å². The van der Waals surface area contributed by atoms with Gasteiger partial charge in [-0.15, -0.1) is 0 Å². The molecule has 1 aliphatic rings. The van der Waals surface area contributed by atoms with Crippen molar-refractivity contribution in [1.82, 2.24) is 0 Å². The highest BCUT2D eigenvalue weighted by molar-refractivity contribution is 5.71. The maximum Gasteiger partial charge on any atom is 0.307 e. The summed E-state index contributed by atoms with van der Waals surface area (Å²) in [5.41, 5.74) is 2.43. The fourth-order valence-electron chi connectivity index (χ4n) is 3.19. The monoisotopic (exact) mass is 246 g/mol. The standard InChI is InChI=1S/C16H22O2/c1-3-12-7-8-14(16(17)18)15(10-12)13-6-4-5-11(2)9-13/h4-6,9,12,14-15H,3,7-8,10H2,1-2H3,(H,17,18). The first kappa shape index (κ1) is 13.1. The molecule has 2 rings (SSSR count). The molecular formula is C16H22O2. The molecule has 0 aromatic heterocycles. The van der Waals surface area contributed by atoms with Crippen molar-refractivity contribution in [2.24, 2.45) is 11.8 Å². The number of aliphatic carboxylic acids is 1. The Bertz CT molecular complexity index is 425. The van der Waals surface area contributed by atoms with Crippen molar-refractivity contribution in [1.29, 1.82) is 0 Å². The lowest BCUT2D eigenvalue weighted by Gasteiger charge is -2.34. The highest BCUT2D eigenvalue weighted by atomic mass is 16.4. The molecule has 0 saturated heterocycles. The van der Waals surface area contributed by atoms with Gasteiger partial charge in [0, 0.05) is 0 Å². The Kier molecular flexibility index (Phi) is 4.05. The molecular weight excluding hydrogens is 224 g/mol. The van der Waals surface area contributed by atoms with Crippen molar-refractivity contribution in [3.05, 3.63) is 35.4 Å². The molecule has 0 radical (unpaired) electrons. The third-order valence-electron chi connectivity index (χ3n) is 4.32. The van der Waals surface area contributed by atoms with Crippen molar-refractivity contribution in [2.75, 3.05) is 0 Å². The molecule has 1 N–H and O–H groups in total. The average molecular weight is 246 g/mol. The van der Waals surface area contributed by atoms with E-state index in [4.69, 9.17) is 0 Å². The Hall–Kier alpha value is -1.31. The molecule has 0 bridgehead atoms. The van der Waals surface area contributed by atoms with Crippen molar-refractivity contribution < 1.29 is 9.90 Å². The highest BCUT2D eigenvalue weighted by Gasteiger charge is 2.35. The average Bonchev–Trinajstić information content (AvgIpc) is 2.38. The molecule has 2 heteroatoms. The minimum Gasteiger partial charge on any atom is -0.481 e. The Morgan fingerprint density at radius 3 is 2.78 bits per heavy atom. The molecule has 1 fully saturated rings. The summed E-state index contributed by atoms with van der Waals surface area (Å²) in [4.78, 5) is 11.4. The van der Waals surface area contributed by atoms with E-state index in [2.05, 4.69) is 32.0 Å². The molecule has 1 aliphatic carbocycles. The van der Waals surface area contributed by atoms with Crippen LogP contribution in [0.4, 0.5) is 0 Å². The van der Waals surface area contributed by atoms with Crippen LogP contribution in [0, 0.1) is 18.8 Å². The van der Waals surface area contributed by atoms with Crippen molar-refractivity contribution in [3.8, 4) is 0 Å². The summed E-state index contributed by atoms with van der Waals surface area (Å²) in [7, 11) is 0. The van der Waals surface area contributed by atoms with Gasteiger partial charge in [-0.3, -0.25) is 4.79 Å². The van der Waals surface area contributed by atoms with Gasteiger partial charge in [0.15, 0.2) is 0 Å². The first-order valence-corrected chi connectivity index (χ1v) is 6.91. The summed E-state index contributed by atoms with van der Waals surface area (Å²) in [6, 6.07) is 8.35. The van der Waals surface area contributed by atoms with Crippen LogP contribution < -0.4 is 0 Å². The number of hydrogen-bond acceptors (Lipinski definition) is 1. The number of carboxylic acid groups (broad SMARTS) is 1. The fourth-order valence-corrected chi connectivity index (χ4v) is 3.19. The van der Waals surface area contributed by atoms with Crippen LogP contribution in [0.2, 0.25) is 0 Å². The summed E-state index contributed by atoms with van der Waals surface area (Å²) in [5.74, 6) is 0.0536. The van der Waals surface area contributed by atoms with E-state index in [1.165, 1.54) is 11.1 Å². The lowest BCUT2D eigenvalue weighted by molar-refractivity contribution is -0.143. The topological polar surface area (TPSA) is 37.3 Å². The fraction of sp³-hybridized carbons (Fsp3) is 0.562. The molecule has 18 heavy (non-hydrogen) atoms. The van der Waals surface area contributed by atoms with Crippen molar-refractivity contribution in [3.63, 3.8) is 0 Å². The molecule has 3 unspecified atom stereocenters. The summed E-state index contributed by atoms with van der Waals surface area (Å²) in [5, 5.41) is 9.40. The van der Waals surface area contributed by atoms with Gasteiger partial charge in [0.05, 0.1) is 5.92 Å². The second-order valence-corrected chi connectivity index (χ2v) is 5.55. The Labute approximate surface area is 109 Å². The van der Waals surface area contributed by atoms with Crippen LogP contribution in [0.15, 0.2) is 24.3 Å². The van der Waals surface area contributed by atoms with Gasteiger partial charge in [-0.25, -0.2) is 0 Å². The van der Waals surface area contributed by atoms with Crippen LogP contribution in [0.25, 0.3) is 0 Å². The molecule has 0 amide bonds. The van der Waals surface area contributed by atoms with Crippen molar-refractivity contribution in [2.45, 2.75) is 45.4 Å². The molecule has 1 saturated carbocycles. The summed E-state index contributed by atoms with van der Waals surface area (Å²) in [6.07, 6.45) is 4.08. The van der Waals surface area contributed by atoms with E-state index in [1.807, 2.05) is 6.07 Å². The second kappa shape index (κ2) is 5.55. The Morgan fingerprint density at radius 1 is 1.39 bits per heavy atom. The van der Waals surface area contributed by atoms with E-state index < -0.39 is 5.97 Å². The molecule has 98 valence electrons. The zero-order valence-corrected chi connectivity index (χ0v) is 11.2. The molecule has 1 aromatic rings. The zero-order chi connectivity index (χ0) is 13.1. The summed E-state index contributed by atoms with van der Waals surface area (Å²) >= 11 is 0. The molecule has 0 aliphatic heterocycles. The van der Waals surface area contributed by atoms with Gasteiger partial charge in [-0.05, 0) is 43.6 Å². The zero-order valence-electron chi connectivity index (χ0n) is 11.2. The van der Waals surface area contributed by atoms with Crippen LogP contribution in [0.1, 0.15) is 49.7 Å². The Morgan fingerprint density at radius 2 is 2.17 bits per heavy atom. The van der Waals surface area contributed by atoms with Crippen LogP contribution in [-0.4, -0.2) is 11.1 Å². The molecule has 1 aromatic carbocycles. The van der Waals surface area contributed by atoms with Crippen LogP contribution >= 0.6 is 0 Å². The first-order valence-electron chi connectivity index (χ1n) is 6.91. The third kappa shape index (κ3) is 2.74. The molecule has 0 spiro atoms. The lowest BCUT2D eigenvalue weighted by Crippen LogP contribution is -2.29. The quantitative estimate of drug-likeness (QED) is 0.875. The largest absolute Gasteiger partial charge is 0.481 e. The molecule has 3 atom stereocenters. The van der Waals surface area contributed by atoms with Crippen LogP contribution in [0.3, 0.4) is 0 Å². The SMILES string of the molecule is CCC1CCC(C(=O)O)C(c2cccc(C)c2)C1. The number of aryl methyl sites for hydroxylation is 1. The maximum absolute atomic E-state index is 11.4. The minimum absolute atomic E-state index is 0.195. The van der Waals surface area contributed by atoms with E-state index in [0.717, 1.165) is 25.7 Å². The molecule has 2 nitrogen and oxygen atoms in total. The number of carbonyl (C=O) groups is 1. The first-order chi connectivity index (χ1) is 8.61.